The zero-order valence-corrected chi connectivity index (χ0v) is 19.3. The largest absolute Gasteiger partial charge is 0.360 e. The van der Waals surface area contributed by atoms with Crippen molar-refractivity contribution in [2.45, 2.75) is 59.5 Å². The molecule has 1 N–H and O–H groups in total. The molecule has 0 radical (unpaired) electrons. The Hall–Kier alpha value is -3.32. The van der Waals surface area contributed by atoms with Gasteiger partial charge in [-0.25, -0.2) is 0 Å². The molecule has 4 nitrogen and oxygen atoms in total. The van der Waals surface area contributed by atoms with Crippen molar-refractivity contribution in [3.63, 3.8) is 0 Å². The van der Waals surface area contributed by atoms with Crippen molar-refractivity contribution in [2.75, 3.05) is 10.2 Å². The number of nitrogens with zero attached hydrogens (tertiary/aromatic N) is 2. The summed E-state index contributed by atoms with van der Waals surface area (Å²) < 4.78 is 0. The van der Waals surface area contributed by atoms with Crippen LogP contribution in [0.4, 0.5) is 11.4 Å². The van der Waals surface area contributed by atoms with Crippen LogP contribution in [-0.2, 0) is 11.2 Å². The molecule has 3 rings (SSSR count). The molecule has 0 bridgehead atoms. The Kier molecular flexibility index (Phi) is 6.36. The maximum absolute atomic E-state index is 12.7. The van der Waals surface area contributed by atoms with Gasteiger partial charge >= 0.3 is 0 Å². The molecule has 0 aliphatic carbocycles. The highest BCUT2D eigenvalue weighted by Gasteiger charge is 2.32. The molecule has 4 heteroatoms. The van der Waals surface area contributed by atoms with E-state index in [0.717, 1.165) is 17.5 Å². The van der Waals surface area contributed by atoms with Crippen LogP contribution in [0.15, 0.2) is 54.1 Å². The first kappa shape index (κ1) is 22.4. The summed E-state index contributed by atoms with van der Waals surface area (Å²) in [6.07, 6.45) is 4.87. The maximum atomic E-state index is 12.7. The zero-order valence-electron chi connectivity index (χ0n) is 19.3. The number of anilines is 2. The smallest absolute Gasteiger partial charge is 0.266 e. The Morgan fingerprint density at radius 3 is 2.45 bits per heavy atom. The number of carbonyl (C=O) groups is 1. The van der Waals surface area contributed by atoms with Gasteiger partial charge in [0.1, 0.15) is 11.6 Å². The fraction of sp³-hybridized carbons (Fsp3) is 0.333. The van der Waals surface area contributed by atoms with Gasteiger partial charge in [0.25, 0.3) is 5.91 Å². The Balaban J connectivity index is 1.91. The van der Waals surface area contributed by atoms with E-state index >= 15 is 0 Å². The lowest BCUT2D eigenvalue weighted by Crippen LogP contribution is -2.49. The van der Waals surface area contributed by atoms with E-state index in [-0.39, 0.29) is 11.1 Å². The molecule has 2 aromatic carbocycles. The van der Waals surface area contributed by atoms with Gasteiger partial charge in [0.15, 0.2) is 0 Å². The summed E-state index contributed by atoms with van der Waals surface area (Å²) in [5.74, 6) is -0.401. The normalized spacial score (nSPS) is 15.2. The Morgan fingerprint density at radius 1 is 1.19 bits per heavy atom. The summed E-state index contributed by atoms with van der Waals surface area (Å²) in [6.45, 7) is 13.0. The average molecular weight is 414 g/mol. The standard InChI is InChI=1S/C27H31N3O/c1-7-20-8-11-23(12-9-20)29-26(31)22(17-28)14-21-10-13-25-24(15-21)19(4)16-27(5,6)30(25)18(2)3/h8-16,18H,7H2,1-6H3,(H,29,31)/b22-14-. The van der Waals surface area contributed by atoms with E-state index in [0.29, 0.717) is 11.7 Å². The first-order chi connectivity index (χ1) is 14.7. The zero-order chi connectivity index (χ0) is 22.8. The molecular formula is C27H31N3O. The van der Waals surface area contributed by atoms with Crippen molar-refractivity contribution >= 4 is 28.9 Å². The summed E-state index contributed by atoms with van der Waals surface area (Å²) in [5, 5.41) is 12.4. The molecule has 1 aliphatic rings. The third-order valence-corrected chi connectivity index (χ3v) is 5.71. The van der Waals surface area contributed by atoms with Crippen LogP contribution >= 0.6 is 0 Å². The molecule has 0 aromatic heterocycles. The van der Waals surface area contributed by atoms with E-state index in [1.54, 1.807) is 6.08 Å². The number of aryl methyl sites for hydroxylation is 1. The summed E-state index contributed by atoms with van der Waals surface area (Å²) >= 11 is 0. The molecule has 0 unspecified atom stereocenters. The van der Waals surface area contributed by atoms with Gasteiger partial charge in [-0.2, -0.15) is 5.26 Å². The topological polar surface area (TPSA) is 56.1 Å². The van der Waals surface area contributed by atoms with Gasteiger partial charge in [-0.1, -0.05) is 31.2 Å². The predicted molar refractivity (Wildman–Crippen MR) is 130 cm³/mol. The van der Waals surface area contributed by atoms with Gasteiger partial charge in [0.05, 0.1) is 5.54 Å². The molecule has 0 fully saturated rings. The van der Waals surface area contributed by atoms with Crippen molar-refractivity contribution in [3.8, 4) is 6.07 Å². The van der Waals surface area contributed by atoms with Gasteiger partial charge in [-0.05, 0) is 88.1 Å². The molecule has 1 heterocycles. The number of nitrogens with one attached hydrogen (secondary N) is 1. The van der Waals surface area contributed by atoms with E-state index in [1.165, 1.54) is 16.8 Å². The lowest BCUT2D eigenvalue weighted by Gasteiger charge is -2.46. The van der Waals surface area contributed by atoms with Crippen LogP contribution in [0.2, 0.25) is 0 Å². The van der Waals surface area contributed by atoms with Gasteiger partial charge in [-0.15, -0.1) is 0 Å². The van der Waals surface area contributed by atoms with Gasteiger partial charge in [0.2, 0.25) is 0 Å². The van der Waals surface area contributed by atoms with Crippen LogP contribution in [0, 0.1) is 11.3 Å². The lowest BCUT2D eigenvalue weighted by molar-refractivity contribution is -0.112. The van der Waals surface area contributed by atoms with Crippen molar-refractivity contribution in [1.29, 1.82) is 5.26 Å². The number of fused-ring (bicyclic) bond motifs is 1. The summed E-state index contributed by atoms with van der Waals surface area (Å²) in [6, 6.07) is 16.2. The van der Waals surface area contributed by atoms with Crippen LogP contribution < -0.4 is 10.2 Å². The van der Waals surface area contributed by atoms with Crippen LogP contribution in [0.3, 0.4) is 0 Å². The average Bonchev–Trinajstić information content (AvgIpc) is 2.71. The number of hydrogen-bond acceptors (Lipinski definition) is 3. The Labute approximate surface area is 185 Å². The Morgan fingerprint density at radius 2 is 1.87 bits per heavy atom. The van der Waals surface area contributed by atoms with Crippen LogP contribution in [0.5, 0.6) is 0 Å². The summed E-state index contributed by atoms with van der Waals surface area (Å²) in [4.78, 5) is 15.1. The molecule has 0 spiro atoms. The molecular weight excluding hydrogens is 382 g/mol. The summed E-state index contributed by atoms with van der Waals surface area (Å²) in [5.41, 5.74) is 6.23. The SMILES string of the molecule is CCc1ccc(NC(=O)/C(C#N)=C\c2ccc3c(c2)C(C)=CC(C)(C)N3C(C)C)cc1. The van der Waals surface area contributed by atoms with Gasteiger partial charge in [-0.3, -0.25) is 4.79 Å². The van der Waals surface area contributed by atoms with Crippen LogP contribution in [0.25, 0.3) is 11.6 Å². The molecule has 1 amide bonds. The highest BCUT2D eigenvalue weighted by molar-refractivity contribution is 6.09. The minimum Gasteiger partial charge on any atom is -0.360 e. The number of amides is 1. The number of benzene rings is 2. The molecule has 2 aromatic rings. The number of hydrogen-bond donors (Lipinski definition) is 1. The van der Waals surface area contributed by atoms with E-state index in [9.17, 15) is 10.1 Å². The molecule has 31 heavy (non-hydrogen) atoms. The molecule has 1 aliphatic heterocycles. The lowest BCUT2D eigenvalue weighted by atomic mass is 9.87. The maximum Gasteiger partial charge on any atom is 0.266 e. The quantitative estimate of drug-likeness (QED) is 0.469. The van der Waals surface area contributed by atoms with E-state index in [1.807, 2.05) is 36.4 Å². The third kappa shape index (κ3) is 4.72. The second kappa shape index (κ2) is 8.81. The van der Waals surface area contributed by atoms with Crippen molar-refractivity contribution in [3.05, 3.63) is 70.8 Å². The highest BCUT2D eigenvalue weighted by atomic mass is 16.1. The van der Waals surface area contributed by atoms with E-state index < -0.39 is 5.91 Å². The summed E-state index contributed by atoms with van der Waals surface area (Å²) in [7, 11) is 0. The number of rotatable bonds is 5. The first-order valence-electron chi connectivity index (χ1n) is 10.8. The third-order valence-electron chi connectivity index (χ3n) is 5.71. The number of carbonyl (C=O) groups excluding carboxylic acids is 1. The second-order valence-electron chi connectivity index (χ2n) is 8.90. The molecule has 160 valence electrons. The van der Waals surface area contributed by atoms with Crippen molar-refractivity contribution in [2.24, 2.45) is 0 Å². The van der Waals surface area contributed by atoms with Gasteiger partial charge in [0, 0.05) is 23.0 Å². The van der Waals surface area contributed by atoms with Crippen molar-refractivity contribution in [1.82, 2.24) is 0 Å². The van der Waals surface area contributed by atoms with E-state index in [4.69, 9.17) is 0 Å². The predicted octanol–water partition coefficient (Wildman–Crippen LogP) is 6.20. The van der Waals surface area contributed by atoms with E-state index in [2.05, 4.69) is 70.0 Å². The molecule has 0 atom stereocenters. The van der Waals surface area contributed by atoms with Crippen LogP contribution in [0.1, 0.15) is 58.2 Å². The second-order valence-corrected chi connectivity index (χ2v) is 8.90. The molecule has 0 saturated heterocycles. The first-order valence-corrected chi connectivity index (χ1v) is 10.8. The minimum absolute atomic E-state index is 0.0758. The van der Waals surface area contributed by atoms with Crippen LogP contribution in [-0.4, -0.2) is 17.5 Å². The minimum atomic E-state index is -0.401. The number of allylic oxidation sites excluding steroid dienone is 1. The number of nitriles is 1. The Bertz CT molecular complexity index is 1080. The fourth-order valence-electron chi connectivity index (χ4n) is 4.44. The monoisotopic (exact) mass is 413 g/mol. The highest BCUT2D eigenvalue weighted by Crippen LogP contribution is 2.40. The molecule has 0 saturated carbocycles. The van der Waals surface area contributed by atoms with Gasteiger partial charge < -0.3 is 10.2 Å². The fourth-order valence-corrected chi connectivity index (χ4v) is 4.44. The van der Waals surface area contributed by atoms with Crippen molar-refractivity contribution < 1.29 is 4.79 Å².